The van der Waals surface area contributed by atoms with Crippen LogP contribution in [0.3, 0.4) is 0 Å². The summed E-state index contributed by atoms with van der Waals surface area (Å²) in [6, 6.07) is 17.6. The molecule has 0 saturated carbocycles. The molecular weight excluding hydrogens is 378 g/mol. The lowest BCUT2D eigenvalue weighted by Crippen LogP contribution is -2.56. The number of anilines is 1. The Bertz CT molecular complexity index is 1120. The normalized spacial score (nSPS) is 15.2. The molecule has 2 heterocycles. The second-order valence-corrected chi connectivity index (χ2v) is 8.55. The fourth-order valence-corrected chi connectivity index (χ4v) is 4.52. The molecule has 4 rings (SSSR count). The van der Waals surface area contributed by atoms with E-state index in [2.05, 4.69) is 10.3 Å². The molecule has 0 bridgehead atoms. The third kappa shape index (κ3) is 3.69. The molecule has 28 heavy (non-hydrogen) atoms. The molecule has 0 unspecified atom stereocenters. The Hall–Kier alpha value is -2.97. The van der Waals surface area contributed by atoms with E-state index in [0.29, 0.717) is 11.6 Å². The zero-order chi connectivity index (χ0) is 19.7. The zero-order valence-electron chi connectivity index (χ0n) is 15.2. The van der Waals surface area contributed by atoms with E-state index in [1.54, 1.807) is 18.2 Å². The summed E-state index contributed by atoms with van der Waals surface area (Å²) in [5, 5.41) is 3.64. The third-order valence-corrected chi connectivity index (χ3v) is 6.33. The van der Waals surface area contributed by atoms with Crippen LogP contribution in [-0.2, 0) is 14.8 Å². The van der Waals surface area contributed by atoms with Crippen LogP contribution in [0.4, 0.5) is 5.69 Å². The summed E-state index contributed by atoms with van der Waals surface area (Å²) >= 11 is 0. The first-order valence-corrected chi connectivity index (χ1v) is 10.3. The first-order valence-electron chi connectivity index (χ1n) is 8.82. The van der Waals surface area contributed by atoms with Gasteiger partial charge in [0, 0.05) is 24.1 Å². The van der Waals surface area contributed by atoms with Crippen molar-refractivity contribution in [3.8, 4) is 5.88 Å². The summed E-state index contributed by atoms with van der Waals surface area (Å²) in [7, 11) is -3.59. The number of pyridine rings is 1. The Balaban J connectivity index is 1.40. The summed E-state index contributed by atoms with van der Waals surface area (Å²) < 4.78 is 32.6. The van der Waals surface area contributed by atoms with Gasteiger partial charge in [0.05, 0.1) is 23.5 Å². The van der Waals surface area contributed by atoms with E-state index in [0.717, 1.165) is 10.9 Å². The Morgan fingerprint density at radius 3 is 2.50 bits per heavy atom. The molecule has 144 valence electrons. The van der Waals surface area contributed by atoms with Gasteiger partial charge in [-0.3, -0.25) is 4.79 Å². The Labute approximate surface area is 163 Å². The highest BCUT2D eigenvalue weighted by Crippen LogP contribution is 2.26. The van der Waals surface area contributed by atoms with E-state index >= 15 is 0 Å². The molecule has 1 saturated heterocycles. The van der Waals surface area contributed by atoms with Crippen LogP contribution in [0, 0.1) is 0 Å². The molecule has 0 radical (unpaired) electrons. The summed E-state index contributed by atoms with van der Waals surface area (Å²) in [5.74, 6) is 0.279. The van der Waals surface area contributed by atoms with Gasteiger partial charge in [-0.15, -0.1) is 0 Å². The Morgan fingerprint density at radius 2 is 1.79 bits per heavy atom. The lowest BCUT2D eigenvalue weighted by molar-refractivity contribution is -0.114. The molecule has 1 fully saturated rings. The average Bonchev–Trinajstić information content (AvgIpc) is 2.64. The standard InChI is InChI=1S/C20H19N3O4S/c1-14(24)21-16-7-9-18(10-8-16)28(25,26)23-12-17(13-23)27-20-11-6-15-4-2-3-5-19(15)22-20/h2-11,17H,12-13H2,1H3,(H,21,24). The highest BCUT2D eigenvalue weighted by molar-refractivity contribution is 7.89. The van der Waals surface area contributed by atoms with Gasteiger partial charge in [-0.05, 0) is 36.4 Å². The Kier molecular flexibility index (Phi) is 4.74. The lowest BCUT2D eigenvalue weighted by atomic mass is 10.2. The number of aromatic nitrogens is 1. The Morgan fingerprint density at radius 1 is 1.07 bits per heavy atom. The van der Waals surface area contributed by atoms with E-state index in [9.17, 15) is 13.2 Å². The number of carbonyl (C=O) groups is 1. The van der Waals surface area contributed by atoms with Crippen LogP contribution in [0.25, 0.3) is 10.9 Å². The first-order chi connectivity index (χ1) is 13.4. The largest absolute Gasteiger partial charge is 0.472 e. The van der Waals surface area contributed by atoms with E-state index in [1.165, 1.54) is 23.4 Å². The van der Waals surface area contributed by atoms with Crippen LogP contribution in [-0.4, -0.2) is 42.8 Å². The number of rotatable bonds is 5. The van der Waals surface area contributed by atoms with Crippen LogP contribution in [0.5, 0.6) is 5.88 Å². The fourth-order valence-electron chi connectivity index (χ4n) is 3.02. The topological polar surface area (TPSA) is 88.6 Å². The smallest absolute Gasteiger partial charge is 0.243 e. The molecule has 2 aromatic carbocycles. The molecular formula is C20H19N3O4S. The molecule has 1 amide bonds. The van der Waals surface area contributed by atoms with Crippen molar-refractivity contribution in [2.45, 2.75) is 17.9 Å². The first kappa shape index (κ1) is 18.4. The molecule has 3 aromatic rings. The minimum absolute atomic E-state index is 0.184. The molecule has 7 nitrogen and oxygen atoms in total. The number of hydrogen-bond acceptors (Lipinski definition) is 5. The molecule has 1 aromatic heterocycles. The van der Waals surface area contributed by atoms with Crippen molar-refractivity contribution < 1.29 is 17.9 Å². The monoisotopic (exact) mass is 397 g/mol. The van der Waals surface area contributed by atoms with E-state index in [4.69, 9.17) is 4.74 Å². The molecule has 0 aliphatic carbocycles. The maximum atomic E-state index is 12.7. The number of sulfonamides is 1. The van der Waals surface area contributed by atoms with Crippen molar-refractivity contribution in [1.29, 1.82) is 0 Å². The maximum Gasteiger partial charge on any atom is 0.243 e. The number of carbonyl (C=O) groups excluding carboxylic acids is 1. The van der Waals surface area contributed by atoms with Gasteiger partial charge in [0.2, 0.25) is 21.8 Å². The summed E-state index contributed by atoms with van der Waals surface area (Å²) in [6.07, 6.45) is -0.234. The van der Waals surface area contributed by atoms with Gasteiger partial charge in [-0.1, -0.05) is 18.2 Å². The second-order valence-electron chi connectivity index (χ2n) is 6.61. The minimum Gasteiger partial charge on any atom is -0.472 e. The second kappa shape index (κ2) is 7.21. The fraction of sp³-hybridized carbons (Fsp3) is 0.200. The van der Waals surface area contributed by atoms with Gasteiger partial charge >= 0.3 is 0 Å². The molecule has 0 atom stereocenters. The minimum atomic E-state index is -3.59. The van der Waals surface area contributed by atoms with Gasteiger partial charge in [-0.25, -0.2) is 13.4 Å². The maximum absolute atomic E-state index is 12.7. The van der Waals surface area contributed by atoms with E-state index < -0.39 is 10.0 Å². The number of hydrogen-bond donors (Lipinski definition) is 1. The highest BCUT2D eigenvalue weighted by Gasteiger charge is 2.38. The van der Waals surface area contributed by atoms with Crippen molar-refractivity contribution >= 4 is 32.5 Å². The quantitative estimate of drug-likeness (QED) is 0.715. The predicted molar refractivity (Wildman–Crippen MR) is 106 cm³/mol. The van der Waals surface area contributed by atoms with E-state index in [1.807, 2.05) is 30.3 Å². The van der Waals surface area contributed by atoms with Crippen molar-refractivity contribution in [2.75, 3.05) is 18.4 Å². The van der Waals surface area contributed by atoms with Crippen molar-refractivity contribution in [3.05, 3.63) is 60.7 Å². The van der Waals surface area contributed by atoms with Crippen LogP contribution in [0.1, 0.15) is 6.92 Å². The van der Waals surface area contributed by atoms with Gasteiger partial charge in [0.15, 0.2) is 0 Å². The number of nitrogens with zero attached hydrogens (tertiary/aromatic N) is 2. The molecule has 8 heteroatoms. The number of amides is 1. The molecule has 1 aliphatic heterocycles. The summed E-state index contributed by atoms with van der Waals surface area (Å²) in [4.78, 5) is 15.7. The van der Waals surface area contributed by atoms with Crippen molar-refractivity contribution in [1.82, 2.24) is 9.29 Å². The lowest BCUT2D eigenvalue weighted by Gasteiger charge is -2.37. The van der Waals surface area contributed by atoms with Gasteiger partial charge in [0.1, 0.15) is 6.10 Å². The number of para-hydroxylation sites is 1. The number of benzene rings is 2. The number of ether oxygens (including phenoxy) is 1. The SMILES string of the molecule is CC(=O)Nc1ccc(S(=O)(=O)N2CC(Oc3ccc4ccccc4n3)C2)cc1. The molecule has 1 aliphatic rings. The molecule has 0 spiro atoms. The van der Waals surface area contributed by atoms with E-state index in [-0.39, 0.29) is 30.0 Å². The van der Waals surface area contributed by atoms with Crippen LogP contribution >= 0.6 is 0 Å². The van der Waals surface area contributed by atoms with Crippen molar-refractivity contribution in [2.24, 2.45) is 0 Å². The highest BCUT2D eigenvalue weighted by atomic mass is 32.2. The van der Waals surface area contributed by atoms with Crippen LogP contribution in [0.2, 0.25) is 0 Å². The van der Waals surface area contributed by atoms with Gasteiger partial charge in [0.25, 0.3) is 0 Å². The third-order valence-electron chi connectivity index (χ3n) is 4.49. The summed E-state index contributed by atoms with van der Waals surface area (Å²) in [5.41, 5.74) is 1.39. The van der Waals surface area contributed by atoms with Crippen molar-refractivity contribution in [3.63, 3.8) is 0 Å². The van der Waals surface area contributed by atoms with Crippen LogP contribution < -0.4 is 10.1 Å². The predicted octanol–water partition coefficient (Wildman–Crippen LogP) is 2.65. The molecule has 1 N–H and O–H groups in total. The number of nitrogens with one attached hydrogen (secondary N) is 1. The van der Waals surface area contributed by atoms with Crippen LogP contribution in [0.15, 0.2) is 65.6 Å². The number of fused-ring (bicyclic) bond motifs is 1. The zero-order valence-corrected chi connectivity index (χ0v) is 16.0. The average molecular weight is 397 g/mol. The van der Waals surface area contributed by atoms with Gasteiger partial charge < -0.3 is 10.1 Å². The summed E-state index contributed by atoms with van der Waals surface area (Å²) in [6.45, 7) is 1.93. The van der Waals surface area contributed by atoms with Gasteiger partial charge in [-0.2, -0.15) is 4.31 Å².